The molecule has 0 amide bonds. The van der Waals surface area contributed by atoms with E-state index in [0.29, 0.717) is 0 Å². The van der Waals surface area contributed by atoms with Crippen molar-refractivity contribution >= 4 is 6.21 Å². The van der Waals surface area contributed by atoms with Crippen LogP contribution in [0.5, 0.6) is 0 Å². The first-order chi connectivity index (χ1) is 8.13. The number of halogens is 1. The second-order valence-electron chi connectivity index (χ2n) is 3.57. The van der Waals surface area contributed by atoms with Gasteiger partial charge in [0.2, 0.25) is 0 Å². The molecule has 0 aliphatic heterocycles. The molecule has 0 spiro atoms. The summed E-state index contributed by atoms with van der Waals surface area (Å²) in [5.74, 6) is 0. The van der Waals surface area contributed by atoms with E-state index >= 15 is 0 Å². The summed E-state index contributed by atoms with van der Waals surface area (Å²) in [6.45, 7) is 0. The van der Waals surface area contributed by atoms with Gasteiger partial charge in [-0.2, -0.15) is 0 Å². The molecule has 0 bridgehead atoms. The monoisotopic (exact) mass is 278 g/mol. The van der Waals surface area contributed by atoms with Crippen LogP contribution in [0, 0.1) is 10.2 Å². The van der Waals surface area contributed by atoms with Crippen molar-refractivity contribution in [2.75, 3.05) is 28.2 Å². The van der Waals surface area contributed by atoms with E-state index in [0.717, 1.165) is 0 Å². The fourth-order valence-corrected chi connectivity index (χ4v) is 0.636. The molecule has 0 aliphatic rings. The van der Waals surface area contributed by atoms with Gasteiger partial charge in [0.25, 0.3) is 0 Å². The van der Waals surface area contributed by atoms with E-state index in [1.165, 1.54) is 0 Å². The molecule has 0 atom stereocenters. The molecule has 0 aromatic carbocycles. The molecule has 0 saturated carbocycles. The van der Waals surface area contributed by atoms with Crippen LogP contribution in [0.3, 0.4) is 0 Å². The summed E-state index contributed by atoms with van der Waals surface area (Å²) in [6.07, 6.45) is 14.0. The highest BCUT2D eigenvalue weighted by Gasteiger charge is 1.84. The first kappa shape index (κ1) is 19.2. The Morgan fingerprint density at radius 2 is 1.22 bits per heavy atom. The first-order valence-electron chi connectivity index (χ1n) is 4.92. The Kier molecular flexibility index (Phi) is 11.7. The quantitative estimate of drug-likeness (QED) is 0.306. The third kappa shape index (κ3) is 36.4. The summed E-state index contributed by atoms with van der Waals surface area (Å²) in [5.41, 5.74) is 0. The number of allylic oxidation sites excluding steroid dienone is 5. The van der Waals surface area contributed by atoms with Gasteiger partial charge in [0.15, 0.2) is 6.21 Å². The Morgan fingerprint density at radius 3 is 1.61 bits per heavy atom. The normalized spacial score (nSPS) is 11.8. The molecular formula is C11H19ClN2O4. The van der Waals surface area contributed by atoms with Crippen LogP contribution in [0.1, 0.15) is 0 Å². The van der Waals surface area contributed by atoms with Crippen LogP contribution in [0.15, 0.2) is 36.6 Å². The van der Waals surface area contributed by atoms with Crippen LogP contribution in [0.4, 0.5) is 0 Å². The van der Waals surface area contributed by atoms with Crippen molar-refractivity contribution in [3.05, 3.63) is 36.6 Å². The maximum atomic E-state index is 8.49. The average molecular weight is 279 g/mol. The van der Waals surface area contributed by atoms with Crippen LogP contribution in [0.25, 0.3) is 0 Å². The van der Waals surface area contributed by atoms with Gasteiger partial charge >= 0.3 is 0 Å². The molecule has 6 nitrogen and oxygen atoms in total. The van der Waals surface area contributed by atoms with Crippen LogP contribution in [-0.2, 0) is 0 Å². The SMILES string of the molecule is CN(C)C=CC=CC=CC=[N+](C)C.[O-][Cl+3]([O-])([O-])[O-]. The molecule has 0 aromatic heterocycles. The van der Waals surface area contributed by atoms with E-state index in [4.69, 9.17) is 18.6 Å². The summed E-state index contributed by atoms with van der Waals surface area (Å²) >= 11 is 0. The second-order valence-corrected chi connectivity index (χ2v) is 4.32. The lowest BCUT2D eigenvalue weighted by Gasteiger charge is -2.17. The van der Waals surface area contributed by atoms with E-state index in [1.807, 2.05) is 80.5 Å². The smallest absolute Gasteiger partial charge is 0.162 e. The van der Waals surface area contributed by atoms with Crippen LogP contribution in [0.2, 0.25) is 0 Å². The fraction of sp³-hybridized carbons (Fsp3) is 0.364. The zero-order valence-electron chi connectivity index (χ0n) is 10.9. The molecule has 0 saturated heterocycles. The largest absolute Gasteiger partial charge is 0.383 e. The van der Waals surface area contributed by atoms with Crippen molar-refractivity contribution < 1.29 is 33.5 Å². The maximum Gasteiger partial charge on any atom is 0.162 e. The number of nitrogens with zero attached hydrogens (tertiary/aromatic N) is 2. The minimum Gasteiger partial charge on any atom is -0.383 e. The van der Waals surface area contributed by atoms with Gasteiger partial charge < -0.3 is 4.90 Å². The number of hydrogen-bond donors (Lipinski definition) is 0. The standard InChI is InChI=1S/C11H19N2.ClHO4/c1-12(2)10-8-6-5-7-9-11-13(3)4;2-1(3,4)5/h5-11H,1-4H3;(H,2,3,4,5)/q+1;/p-1. The lowest BCUT2D eigenvalue weighted by Crippen LogP contribution is -2.68. The Labute approximate surface area is 110 Å². The molecule has 0 fully saturated rings. The highest BCUT2D eigenvalue weighted by molar-refractivity contribution is 5.66. The Bertz CT molecular complexity index is 307. The maximum absolute atomic E-state index is 8.49. The number of hydrogen-bond acceptors (Lipinski definition) is 5. The van der Waals surface area contributed by atoms with Crippen molar-refractivity contribution in [1.82, 2.24) is 4.90 Å². The Balaban J connectivity index is 0. The fourth-order valence-electron chi connectivity index (χ4n) is 0.636. The van der Waals surface area contributed by atoms with Crippen molar-refractivity contribution in [1.29, 1.82) is 0 Å². The third-order valence-electron chi connectivity index (χ3n) is 1.21. The first-order valence-corrected chi connectivity index (χ1v) is 6.16. The lowest BCUT2D eigenvalue weighted by molar-refractivity contribution is -2.00. The van der Waals surface area contributed by atoms with Gasteiger partial charge in [0.1, 0.15) is 14.1 Å². The lowest BCUT2D eigenvalue weighted by atomic mass is 10.4. The predicted octanol–water partition coefficient (Wildman–Crippen LogP) is -3.24. The van der Waals surface area contributed by atoms with Gasteiger partial charge in [-0.05, 0) is 12.3 Å². The number of rotatable bonds is 4. The van der Waals surface area contributed by atoms with E-state index in [1.54, 1.807) is 0 Å². The molecule has 104 valence electrons. The van der Waals surface area contributed by atoms with Crippen LogP contribution < -0.4 is 18.6 Å². The highest BCUT2D eigenvalue weighted by Crippen LogP contribution is 1.81. The topological polar surface area (TPSA) is 98.5 Å². The minimum absolute atomic E-state index is 2.00. The van der Waals surface area contributed by atoms with Crippen molar-refractivity contribution in [3.63, 3.8) is 0 Å². The van der Waals surface area contributed by atoms with E-state index in [-0.39, 0.29) is 0 Å². The van der Waals surface area contributed by atoms with Crippen LogP contribution >= 0.6 is 0 Å². The predicted molar refractivity (Wildman–Crippen MR) is 59.3 cm³/mol. The van der Waals surface area contributed by atoms with Crippen molar-refractivity contribution in [3.8, 4) is 0 Å². The second kappa shape index (κ2) is 10.9. The van der Waals surface area contributed by atoms with Crippen molar-refractivity contribution in [2.24, 2.45) is 0 Å². The molecule has 0 aromatic rings. The van der Waals surface area contributed by atoms with Gasteiger partial charge in [-0.25, -0.2) is 23.2 Å². The molecule has 0 N–H and O–H groups in total. The minimum atomic E-state index is -4.94. The van der Waals surface area contributed by atoms with E-state index < -0.39 is 10.2 Å². The zero-order chi connectivity index (χ0) is 14.6. The van der Waals surface area contributed by atoms with Gasteiger partial charge in [-0.1, -0.05) is 18.2 Å². The summed E-state index contributed by atoms with van der Waals surface area (Å²) in [4.78, 5) is 2.00. The zero-order valence-corrected chi connectivity index (χ0v) is 11.7. The summed E-state index contributed by atoms with van der Waals surface area (Å²) in [6, 6.07) is 0. The van der Waals surface area contributed by atoms with Gasteiger partial charge in [0.05, 0.1) is 0 Å². The third-order valence-corrected chi connectivity index (χ3v) is 1.21. The van der Waals surface area contributed by atoms with Crippen LogP contribution in [-0.4, -0.2) is 43.9 Å². The molecule has 0 unspecified atom stereocenters. The molecular weight excluding hydrogens is 260 g/mol. The van der Waals surface area contributed by atoms with Gasteiger partial charge in [-0.15, -0.1) is 10.2 Å². The molecule has 0 radical (unpaired) electrons. The Hall–Kier alpha value is -1.18. The molecule has 18 heavy (non-hydrogen) atoms. The molecule has 0 aliphatic carbocycles. The summed E-state index contributed by atoms with van der Waals surface area (Å²) < 4.78 is 36.0. The van der Waals surface area contributed by atoms with Gasteiger partial charge in [0, 0.05) is 20.2 Å². The van der Waals surface area contributed by atoms with Crippen molar-refractivity contribution in [2.45, 2.75) is 0 Å². The molecule has 0 rings (SSSR count). The average Bonchev–Trinajstić information content (AvgIpc) is 2.12. The van der Waals surface area contributed by atoms with E-state index in [2.05, 4.69) is 0 Å². The summed E-state index contributed by atoms with van der Waals surface area (Å²) in [5, 5.41) is 0. The van der Waals surface area contributed by atoms with Gasteiger partial charge in [-0.3, -0.25) is 0 Å². The summed E-state index contributed by atoms with van der Waals surface area (Å²) in [7, 11) is 3.06. The highest BCUT2D eigenvalue weighted by atomic mass is 35.7. The molecule has 7 heteroatoms. The Morgan fingerprint density at radius 1 is 0.833 bits per heavy atom. The molecule has 0 heterocycles. The van der Waals surface area contributed by atoms with E-state index in [9.17, 15) is 0 Å².